The molecule has 1 fully saturated rings. The van der Waals surface area contributed by atoms with Crippen molar-refractivity contribution in [3.8, 4) is 0 Å². The van der Waals surface area contributed by atoms with Gasteiger partial charge in [0.2, 0.25) is 5.95 Å². The van der Waals surface area contributed by atoms with Crippen LogP contribution >= 0.6 is 0 Å². The standard InChI is InChI=1S/C23H27FN4O2/c1-2-30-23(29)27-14-5-6-19(13-15-27)25-22-26-20-7-3-4-8-21(20)28(22)16-17-9-11-18(24)12-10-17/h3-4,7-12,19H,2,5-6,13-16H2,1H3,(H,25,26). The summed E-state index contributed by atoms with van der Waals surface area (Å²) in [5.74, 6) is 0.562. The van der Waals surface area contributed by atoms with Crippen molar-refractivity contribution in [1.82, 2.24) is 14.5 Å². The minimum atomic E-state index is -0.239. The van der Waals surface area contributed by atoms with Crippen LogP contribution in [0.25, 0.3) is 11.0 Å². The Hall–Kier alpha value is -3.09. The number of amides is 1. The number of hydrogen-bond donors (Lipinski definition) is 1. The molecule has 1 N–H and O–H groups in total. The fourth-order valence-corrected chi connectivity index (χ4v) is 3.94. The number of aromatic nitrogens is 2. The number of carbonyl (C=O) groups is 1. The molecule has 158 valence electrons. The summed E-state index contributed by atoms with van der Waals surface area (Å²) in [4.78, 5) is 18.6. The maximum Gasteiger partial charge on any atom is 0.409 e. The van der Waals surface area contributed by atoms with Crippen LogP contribution in [0.15, 0.2) is 48.5 Å². The van der Waals surface area contributed by atoms with E-state index >= 15 is 0 Å². The van der Waals surface area contributed by atoms with Gasteiger partial charge in [0.15, 0.2) is 0 Å². The maximum absolute atomic E-state index is 13.3. The molecule has 1 aromatic heterocycles. The molecular formula is C23H27FN4O2. The number of likely N-dealkylation sites (tertiary alicyclic amines) is 1. The van der Waals surface area contributed by atoms with E-state index in [4.69, 9.17) is 9.72 Å². The minimum Gasteiger partial charge on any atom is -0.450 e. The molecule has 3 aromatic rings. The van der Waals surface area contributed by atoms with E-state index in [1.54, 1.807) is 17.0 Å². The van der Waals surface area contributed by atoms with Gasteiger partial charge in [-0.2, -0.15) is 0 Å². The number of nitrogens with zero attached hydrogens (tertiary/aromatic N) is 3. The zero-order valence-electron chi connectivity index (χ0n) is 17.2. The maximum atomic E-state index is 13.3. The van der Waals surface area contributed by atoms with Gasteiger partial charge >= 0.3 is 6.09 Å². The molecule has 7 heteroatoms. The number of anilines is 1. The SMILES string of the molecule is CCOC(=O)N1CCCC(Nc2nc3ccccc3n2Cc2ccc(F)cc2)CC1. The fourth-order valence-electron chi connectivity index (χ4n) is 3.94. The highest BCUT2D eigenvalue weighted by atomic mass is 19.1. The Balaban J connectivity index is 1.53. The van der Waals surface area contributed by atoms with E-state index in [2.05, 4.69) is 9.88 Å². The molecule has 0 spiro atoms. The molecule has 0 bridgehead atoms. The van der Waals surface area contributed by atoms with Gasteiger partial charge in [-0.15, -0.1) is 0 Å². The molecule has 1 atom stereocenters. The van der Waals surface area contributed by atoms with Crippen molar-refractivity contribution in [2.24, 2.45) is 0 Å². The number of ether oxygens (including phenoxy) is 1. The highest BCUT2D eigenvalue weighted by Crippen LogP contribution is 2.24. The van der Waals surface area contributed by atoms with Crippen LogP contribution in [0.5, 0.6) is 0 Å². The van der Waals surface area contributed by atoms with E-state index in [1.807, 2.05) is 31.2 Å². The van der Waals surface area contributed by atoms with E-state index in [9.17, 15) is 9.18 Å². The van der Waals surface area contributed by atoms with Gasteiger partial charge in [0.05, 0.1) is 24.2 Å². The molecule has 1 aliphatic rings. The number of carbonyl (C=O) groups excluding carboxylic acids is 1. The third kappa shape index (κ3) is 4.56. The highest BCUT2D eigenvalue weighted by molar-refractivity contribution is 5.78. The Labute approximate surface area is 175 Å². The van der Waals surface area contributed by atoms with Gasteiger partial charge in [0.25, 0.3) is 0 Å². The summed E-state index contributed by atoms with van der Waals surface area (Å²) < 4.78 is 20.6. The third-order valence-electron chi connectivity index (χ3n) is 5.50. The quantitative estimate of drug-likeness (QED) is 0.665. The molecular weight excluding hydrogens is 383 g/mol. The molecule has 4 rings (SSSR count). The molecule has 1 saturated heterocycles. The van der Waals surface area contributed by atoms with Gasteiger partial charge in [-0.1, -0.05) is 24.3 Å². The van der Waals surface area contributed by atoms with Crippen molar-refractivity contribution in [1.29, 1.82) is 0 Å². The zero-order chi connectivity index (χ0) is 20.9. The van der Waals surface area contributed by atoms with Gasteiger partial charge in [0.1, 0.15) is 5.82 Å². The van der Waals surface area contributed by atoms with Crippen molar-refractivity contribution >= 4 is 23.1 Å². The van der Waals surface area contributed by atoms with Crippen molar-refractivity contribution in [3.63, 3.8) is 0 Å². The first-order valence-electron chi connectivity index (χ1n) is 10.5. The molecule has 1 unspecified atom stereocenters. The lowest BCUT2D eigenvalue weighted by Gasteiger charge is -2.20. The number of halogens is 1. The van der Waals surface area contributed by atoms with Gasteiger partial charge in [-0.3, -0.25) is 0 Å². The Morgan fingerprint density at radius 2 is 1.97 bits per heavy atom. The van der Waals surface area contributed by atoms with Crippen molar-refractivity contribution in [2.75, 3.05) is 25.0 Å². The lowest BCUT2D eigenvalue weighted by Crippen LogP contribution is -2.33. The molecule has 0 aliphatic carbocycles. The van der Waals surface area contributed by atoms with Crippen LogP contribution in [0.4, 0.5) is 15.1 Å². The molecule has 30 heavy (non-hydrogen) atoms. The van der Waals surface area contributed by atoms with Crippen LogP contribution < -0.4 is 5.32 Å². The summed E-state index contributed by atoms with van der Waals surface area (Å²) in [6.07, 6.45) is 2.46. The average Bonchev–Trinajstić information content (AvgIpc) is 2.92. The van der Waals surface area contributed by atoms with Gasteiger partial charge < -0.3 is 19.5 Å². The molecule has 2 heterocycles. The number of para-hydroxylation sites is 2. The first-order valence-corrected chi connectivity index (χ1v) is 10.5. The van der Waals surface area contributed by atoms with E-state index < -0.39 is 0 Å². The fraction of sp³-hybridized carbons (Fsp3) is 0.391. The summed E-state index contributed by atoms with van der Waals surface area (Å²) >= 11 is 0. The average molecular weight is 410 g/mol. The monoisotopic (exact) mass is 410 g/mol. The number of benzene rings is 2. The summed E-state index contributed by atoms with van der Waals surface area (Å²) in [7, 11) is 0. The predicted molar refractivity (Wildman–Crippen MR) is 115 cm³/mol. The topological polar surface area (TPSA) is 59.4 Å². The van der Waals surface area contributed by atoms with E-state index in [0.717, 1.165) is 41.8 Å². The zero-order valence-corrected chi connectivity index (χ0v) is 17.2. The lowest BCUT2D eigenvalue weighted by atomic mass is 10.1. The van der Waals surface area contributed by atoms with Gasteiger partial charge in [-0.25, -0.2) is 14.2 Å². The largest absolute Gasteiger partial charge is 0.450 e. The van der Waals surface area contributed by atoms with E-state index in [-0.39, 0.29) is 18.0 Å². The second kappa shape index (κ2) is 9.15. The highest BCUT2D eigenvalue weighted by Gasteiger charge is 2.23. The van der Waals surface area contributed by atoms with Crippen LogP contribution in [0.3, 0.4) is 0 Å². The Kier molecular flexibility index (Phi) is 6.16. The molecule has 6 nitrogen and oxygen atoms in total. The summed E-state index contributed by atoms with van der Waals surface area (Å²) in [5, 5.41) is 3.60. The van der Waals surface area contributed by atoms with Crippen molar-refractivity contribution < 1.29 is 13.9 Å². The van der Waals surface area contributed by atoms with Crippen LogP contribution in [0.2, 0.25) is 0 Å². The van der Waals surface area contributed by atoms with Crippen molar-refractivity contribution in [3.05, 3.63) is 59.9 Å². The second-order valence-corrected chi connectivity index (χ2v) is 7.59. The Bertz CT molecular complexity index is 1000. The Morgan fingerprint density at radius 3 is 2.77 bits per heavy atom. The number of hydrogen-bond acceptors (Lipinski definition) is 4. The molecule has 2 aromatic carbocycles. The number of fused-ring (bicyclic) bond motifs is 1. The molecule has 1 amide bonds. The first kappa shape index (κ1) is 20.2. The number of nitrogens with one attached hydrogen (secondary N) is 1. The molecule has 0 radical (unpaired) electrons. The van der Waals surface area contributed by atoms with E-state index in [1.165, 1.54) is 12.1 Å². The normalized spacial score (nSPS) is 17.0. The first-order chi connectivity index (χ1) is 14.6. The van der Waals surface area contributed by atoms with E-state index in [0.29, 0.717) is 26.2 Å². The number of imidazole rings is 1. The second-order valence-electron chi connectivity index (χ2n) is 7.59. The third-order valence-corrected chi connectivity index (χ3v) is 5.50. The minimum absolute atomic E-state index is 0.216. The molecule has 1 aliphatic heterocycles. The Morgan fingerprint density at radius 1 is 1.17 bits per heavy atom. The predicted octanol–water partition coefficient (Wildman–Crippen LogP) is 4.65. The molecule has 0 saturated carbocycles. The summed E-state index contributed by atoms with van der Waals surface area (Å²) in [5.41, 5.74) is 2.96. The van der Waals surface area contributed by atoms with Gasteiger partial charge in [0, 0.05) is 19.1 Å². The van der Waals surface area contributed by atoms with Crippen LogP contribution in [-0.4, -0.2) is 46.3 Å². The number of rotatable bonds is 5. The van der Waals surface area contributed by atoms with Crippen molar-refractivity contribution in [2.45, 2.75) is 38.8 Å². The lowest BCUT2D eigenvalue weighted by molar-refractivity contribution is 0.108. The van der Waals surface area contributed by atoms with Crippen LogP contribution in [0, 0.1) is 5.82 Å². The van der Waals surface area contributed by atoms with Gasteiger partial charge in [-0.05, 0) is 56.0 Å². The van der Waals surface area contributed by atoms with Crippen LogP contribution in [0.1, 0.15) is 31.7 Å². The smallest absolute Gasteiger partial charge is 0.409 e. The van der Waals surface area contributed by atoms with Crippen LogP contribution in [-0.2, 0) is 11.3 Å². The summed E-state index contributed by atoms with van der Waals surface area (Å²) in [6, 6.07) is 14.8. The summed E-state index contributed by atoms with van der Waals surface area (Å²) in [6.45, 7) is 4.19.